The zero-order chi connectivity index (χ0) is 5.70. The van der Waals surface area contributed by atoms with Gasteiger partial charge < -0.3 is 11.1 Å². The van der Waals surface area contributed by atoms with Gasteiger partial charge in [0.2, 0.25) is 0 Å². The van der Waals surface area contributed by atoms with E-state index in [0.717, 1.165) is 0 Å². The van der Waals surface area contributed by atoms with Crippen molar-refractivity contribution < 1.29 is 0 Å². The van der Waals surface area contributed by atoms with Gasteiger partial charge in [-0.05, 0) is 20.2 Å². The fourth-order valence-electron chi connectivity index (χ4n) is 0.263. The fraction of sp³-hybridized carbons (Fsp3) is 0.600. The molecular formula is C5H12N2. The molecule has 3 N–H and O–H groups in total. The second kappa shape index (κ2) is 3.68. The van der Waals surface area contributed by atoms with Gasteiger partial charge in [-0.25, -0.2) is 0 Å². The van der Waals surface area contributed by atoms with E-state index in [1.54, 1.807) is 6.20 Å². The van der Waals surface area contributed by atoms with Crippen molar-refractivity contribution in [1.29, 1.82) is 0 Å². The van der Waals surface area contributed by atoms with Crippen molar-refractivity contribution >= 4 is 0 Å². The summed E-state index contributed by atoms with van der Waals surface area (Å²) in [5, 5.41) is 3.00. The van der Waals surface area contributed by atoms with Crippen LogP contribution in [0.3, 0.4) is 0 Å². The Hall–Kier alpha value is -0.500. The van der Waals surface area contributed by atoms with E-state index in [9.17, 15) is 0 Å². The van der Waals surface area contributed by atoms with Crippen molar-refractivity contribution in [3.63, 3.8) is 0 Å². The van der Waals surface area contributed by atoms with E-state index in [0.29, 0.717) is 6.04 Å². The van der Waals surface area contributed by atoms with Crippen molar-refractivity contribution in [3.05, 3.63) is 12.3 Å². The lowest BCUT2D eigenvalue weighted by Gasteiger charge is -1.99. The van der Waals surface area contributed by atoms with Gasteiger partial charge >= 0.3 is 0 Å². The molecule has 0 fully saturated rings. The molecule has 0 heterocycles. The Morgan fingerprint density at radius 2 is 2.29 bits per heavy atom. The maximum Gasteiger partial charge on any atom is 0.0235 e. The van der Waals surface area contributed by atoms with Crippen LogP contribution in [0.15, 0.2) is 12.3 Å². The molecule has 0 aliphatic heterocycles. The smallest absolute Gasteiger partial charge is 0.0235 e. The molecule has 0 amide bonds. The number of hydrogen-bond donors (Lipinski definition) is 2. The summed E-state index contributed by atoms with van der Waals surface area (Å²) < 4.78 is 0. The summed E-state index contributed by atoms with van der Waals surface area (Å²) in [7, 11) is 1.89. The number of rotatable bonds is 2. The first-order chi connectivity index (χ1) is 3.31. The van der Waals surface area contributed by atoms with Crippen molar-refractivity contribution in [2.75, 3.05) is 7.05 Å². The SMILES string of the molecule is CN[C@@H](C)/C=C/N. The van der Waals surface area contributed by atoms with Gasteiger partial charge in [0.25, 0.3) is 0 Å². The van der Waals surface area contributed by atoms with Crippen LogP contribution in [0.25, 0.3) is 0 Å². The van der Waals surface area contributed by atoms with Crippen LogP contribution >= 0.6 is 0 Å². The van der Waals surface area contributed by atoms with Gasteiger partial charge in [-0.3, -0.25) is 0 Å². The molecule has 0 spiro atoms. The standard InChI is InChI=1S/C5H12N2/c1-5(7-2)3-4-6/h3-5,7H,6H2,1-2H3/b4-3+/t5-/m0/s1. The lowest BCUT2D eigenvalue weighted by Crippen LogP contribution is -2.18. The van der Waals surface area contributed by atoms with Gasteiger partial charge in [0, 0.05) is 6.04 Å². The highest BCUT2D eigenvalue weighted by molar-refractivity contribution is 4.85. The predicted octanol–water partition coefficient (Wildman–Crippen LogP) is 0.0667. The molecule has 1 atom stereocenters. The summed E-state index contributed by atoms with van der Waals surface area (Å²) in [5.41, 5.74) is 5.08. The average molecular weight is 100 g/mol. The lowest BCUT2D eigenvalue weighted by atomic mass is 10.3. The first kappa shape index (κ1) is 6.50. The summed E-state index contributed by atoms with van der Waals surface area (Å²) in [5.74, 6) is 0. The highest BCUT2D eigenvalue weighted by Crippen LogP contribution is 1.76. The van der Waals surface area contributed by atoms with Crippen LogP contribution in [0.5, 0.6) is 0 Å². The van der Waals surface area contributed by atoms with Gasteiger partial charge in [0.15, 0.2) is 0 Å². The first-order valence-electron chi connectivity index (χ1n) is 2.37. The molecule has 0 aliphatic rings. The van der Waals surface area contributed by atoms with Crippen LogP contribution in [-0.2, 0) is 0 Å². The monoisotopic (exact) mass is 100 g/mol. The lowest BCUT2D eigenvalue weighted by molar-refractivity contribution is 0.728. The third-order valence-corrected chi connectivity index (χ3v) is 0.855. The molecule has 0 saturated heterocycles. The number of nitrogens with one attached hydrogen (secondary N) is 1. The molecule has 0 aromatic rings. The van der Waals surface area contributed by atoms with Gasteiger partial charge in [0.05, 0.1) is 0 Å². The van der Waals surface area contributed by atoms with Gasteiger partial charge in [-0.15, -0.1) is 0 Å². The van der Waals surface area contributed by atoms with Crippen LogP contribution in [0.2, 0.25) is 0 Å². The van der Waals surface area contributed by atoms with E-state index in [2.05, 4.69) is 5.32 Å². The Balaban J connectivity index is 3.16. The van der Waals surface area contributed by atoms with Crippen LogP contribution < -0.4 is 11.1 Å². The number of likely N-dealkylation sites (N-methyl/N-ethyl adjacent to an activating group) is 1. The van der Waals surface area contributed by atoms with Crippen LogP contribution in [0, 0.1) is 0 Å². The Bertz CT molecular complexity index is 59.1. The minimum Gasteiger partial charge on any atom is -0.405 e. The van der Waals surface area contributed by atoms with Gasteiger partial charge in [0.1, 0.15) is 0 Å². The number of nitrogens with two attached hydrogens (primary N) is 1. The molecular weight excluding hydrogens is 88.1 g/mol. The van der Waals surface area contributed by atoms with Crippen molar-refractivity contribution in [1.82, 2.24) is 5.32 Å². The molecule has 0 aromatic carbocycles. The molecule has 0 aromatic heterocycles. The first-order valence-corrected chi connectivity index (χ1v) is 2.37. The highest BCUT2D eigenvalue weighted by atomic mass is 14.8. The van der Waals surface area contributed by atoms with Gasteiger partial charge in [-0.2, -0.15) is 0 Å². The molecule has 7 heavy (non-hydrogen) atoms. The van der Waals surface area contributed by atoms with E-state index in [1.807, 2.05) is 20.0 Å². The molecule has 0 radical (unpaired) electrons. The van der Waals surface area contributed by atoms with E-state index in [1.165, 1.54) is 0 Å². The molecule has 0 unspecified atom stereocenters. The third-order valence-electron chi connectivity index (χ3n) is 0.855. The second-order valence-electron chi connectivity index (χ2n) is 1.46. The molecule has 0 aliphatic carbocycles. The zero-order valence-corrected chi connectivity index (χ0v) is 4.81. The van der Waals surface area contributed by atoms with Gasteiger partial charge in [-0.1, -0.05) is 6.08 Å². The summed E-state index contributed by atoms with van der Waals surface area (Å²) >= 11 is 0. The zero-order valence-electron chi connectivity index (χ0n) is 4.81. The summed E-state index contributed by atoms with van der Waals surface area (Å²) in [6.45, 7) is 2.03. The highest BCUT2D eigenvalue weighted by Gasteiger charge is 1.84. The molecule has 42 valence electrons. The quantitative estimate of drug-likeness (QED) is 0.515. The molecule has 0 rings (SSSR count). The van der Waals surface area contributed by atoms with Crippen LogP contribution in [-0.4, -0.2) is 13.1 Å². The Kier molecular flexibility index (Phi) is 3.42. The predicted molar refractivity (Wildman–Crippen MR) is 31.8 cm³/mol. The number of hydrogen-bond acceptors (Lipinski definition) is 2. The summed E-state index contributed by atoms with van der Waals surface area (Å²) in [4.78, 5) is 0. The summed E-state index contributed by atoms with van der Waals surface area (Å²) in [6, 6.07) is 0.394. The van der Waals surface area contributed by atoms with Crippen LogP contribution in [0.1, 0.15) is 6.92 Å². The Morgan fingerprint density at radius 1 is 1.71 bits per heavy atom. The average Bonchev–Trinajstić information content (AvgIpc) is 1.68. The normalized spacial score (nSPS) is 15.1. The topological polar surface area (TPSA) is 38.0 Å². The molecule has 2 nitrogen and oxygen atoms in total. The Labute approximate surface area is 44.4 Å². The van der Waals surface area contributed by atoms with E-state index in [-0.39, 0.29) is 0 Å². The minimum absolute atomic E-state index is 0.394. The maximum atomic E-state index is 5.08. The van der Waals surface area contributed by atoms with Crippen molar-refractivity contribution in [3.8, 4) is 0 Å². The van der Waals surface area contributed by atoms with E-state index in [4.69, 9.17) is 5.73 Å². The molecule has 2 heteroatoms. The molecule has 0 saturated carbocycles. The Morgan fingerprint density at radius 3 is 2.43 bits per heavy atom. The molecule has 0 bridgehead atoms. The summed E-state index contributed by atoms with van der Waals surface area (Å²) in [6.07, 6.45) is 3.43. The van der Waals surface area contributed by atoms with E-state index < -0.39 is 0 Å². The minimum atomic E-state index is 0.394. The largest absolute Gasteiger partial charge is 0.405 e. The fourth-order valence-corrected chi connectivity index (χ4v) is 0.263. The second-order valence-corrected chi connectivity index (χ2v) is 1.46. The van der Waals surface area contributed by atoms with E-state index >= 15 is 0 Å². The maximum absolute atomic E-state index is 5.08. The third kappa shape index (κ3) is 3.33. The van der Waals surface area contributed by atoms with Crippen molar-refractivity contribution in [2.24, 2.45) is 5.73 Å². The van der Waals surface area contributed by atoms with Crippen LogP contribution in [0.4, 0.5) is 0 Å². The van der Waals surface area contributed by atoms with Crippen molar-refractivity contribution in [2.45, 2.75) is 13.0 Å².